The zero-order valence-corrected chi connectivity index (χ0v) is 10.9. The Morgan fingerprint density at radius 3 is 2.79 bits per heavy atom. The largest absolute Gasteiger partial charge is 0.395 e. The first-order valence-electron chi connectivity index (χ1n) is 5.69. The highest BCUT2D eigenvalue weighted by atomic mass is 32.1. The highest BCUT2D eigenvalue weighted by Crippen LogP contribution is 2.12. The molecule has 0 atom stereocenters. The van der Waals surface area contributed by atoms with E-state index in [-0.39, 0.29) is 12.5 Å². The molecule has 1 heterocycles. The Bertz CT molecular complexity index is 595. The second-order valence-corrected chi connectivity index (χ2v) is 4.56. The summed E-state index contributed by atoms with van der Waals surface area (Å²) in [5, 5.41) is 11.4. The van der Waals surface area contributed by atoms with Crippen molar-refractivity contribution in [1.29, 1.82) is 0 Å². The molecule has 0 bridgehead atoms. The summed E-state index contributed by atoms with van der Waals surface area (Å²) >= 11 is 1.30. The fourth-order valence-corrected chi connectivity index (χ4v) is 1.89. The number of hydrogen-bond donors (Lipinski definition) is 2. The number of aliphatic hydroxyl groups is 1. The predicted molar refractivity (Wildman–Crippen MR) is 75.1 cm³/mol. The molecule has 0 saturated carbocycles. The lowest BCUT2D eigenvalue weighted by atomic mass is 10.2. The van der Waals surface area contributed by atoms with Crippen LogP contribution in [0.3, 0.4) is 0 Å². The average molecular weight is 272 g/mol. The van der Waals surface area contributed by atoms with E-state index in [1.54, 1.807) is 17.6 Å². The van der Waals surface area contributed by atoms with Crippen LogP contribution in [-0.4, -0.2) is 22.6 Å². The molecular formula is C14H12N2O2S. The van der Waals surface area contributed by atoms with Gasteiger partial charge in [0.2, 0.25) is 0 Å². The Labute approximate surface area is 115 Å². The molecule has 96 valence electrons. The van der Waals surface area contributed by atoms with Gasteiger partial charge in [-0.15, -0.1) is 11.3 Å². The lowest BCUT2D eigenvalue weighted by Gasteiger charge is -2.02. The first-order chi connectivity index (χ1) is 9.29. The monoisotopic (exact) mass is 272 g/mol. The Balaban J connectivity index is 1.99. The highest BCUT2D eigenvalue weighted by molar-refractivity contribution is 7.11. The number of aromatic nitrogens is 1. The van der Waals surface area contributed by atoms with Crippen LogP contribution in [0.2, 0.25) is 0 Å². The van der Waals surface area contributed by atoms with Crippen LogP contribution in [-0.2, 0) is 0 Å². The van der Waals surface area contributed by atoms with Crippen molar-refractivity contribution in [3.8, 4) is 11.8 Å². The van der Waals surface area contributed by atoms with Crippen LogP contribution in [0.25, 0.3) is 0 Å². The van der Waals surface area contributed by atoms with Gasteiger partial charge in [0.05, 0.1) is 18.3 Å². The first kappa shape index (κ1) is 13.3. The molecule has 0 radical (unpaired) electrons. The maximum Gasteiger partial charge on any atom is 0.267 e. The minimum atomic E-state index is -0.165. The van der Waals surface area contributed by atoms with E-state index in [0.717, 1.165) is 5.56 Å². The van der Waals surface area contributed by atoms with Gasteiger partial charge < -0.3 is 10.4 Å². The Hall–Kier alpha value is -2.16. The normalized spacial score (nSPS) is 9.53. The zero-order valence-electron chi connectivity index (χ0n) is 10.1. The molecule has 4 nitrogen and oxygen atoms in total. The van der Waals surface area contributed by atoms with E-state index in [0.29, 0.717) is 17.0 Å². The van der Waals surface area contributed by atoms with Gasteiger partial charge in [-0.3, -0.25) is 9.78 Å². The maximum absolute atomic E-state index is 11.8. The third-order valence-corrected chi connectivity index (χ3v) is 3.04. The number of amides is 1. The van der Waals surface area contributed by atoms with E-state index in [4.69, 9.17) is 5.11 Å². The molecule has 0 spiro atoms. The minimum Gasteiger partial charge on any atom is -0.395 e. The topological polar surface area (TPSA) is 62.2 Å². The van der Waals surface area contributed by atoms with E-state index in [2.05, 4.69) is 22.1 Å². The third kappa shape index (κ3) is 3.91. The van der Waals surface area contributed by atoms with E-state index in [9.17, 15) is 4.79 Å². The molecule has 0 fully saturated rings. The minimum absolute atomic E-state index is 0.0655. The number of rotatable bonds is 3. The van der Waals surface area contributed by atoms with Gasteiger partial charge in [0.15, 0.2) is 0 Å². The van der Waals surface area contributed by atoms with Gasteiger partial charge in [0.25, 0.3) is 5.91 Å². The number of carbonyl (C=O) groups excluding carboxylic acids is 1. The Morgan fingerprint density at radius 2 is 2.16 bits per heavy atom. The second-order valence-electron chi connectivity index (χ2n) is 3.67. The van der Waals surface area contributed by atoms with Crippen molar-refractivity contribution in [2.24, 2.45) is 0 Å². The quantitative estimate of drug-likeness (QED) is 0.841. The van der Waals surface area contributed by atoms with Gasteiger partial charge in [0.1, 0.15) is 4.88 Å². The summed E-state index contributed by atoms with van der Waals surface area (Å²) in [4.78, 5) is 16.2. The molecule has 0 aliphatic heterocycles. The van der Waals surface area contributed by atoms with Gasteiger partial charge >= 0.3 is 0 Å². The van der Waals surface area contributed by atoms with Crippen molar-refractivity contribution in [2.45, 2.75) is 6.42 Å². The van der Waals surface area contributed by atoms with Crippen molar-refractivity contribution >= 4 is 22.9 Å². The maximum atomic E-state index is 11.8. The van der Waals surface area contributed by atoms with E-state index in [1.807, 2.05) is 12.1 Å². The smallest absolute Gasteiger partial charge is 0.267 e. The van der Waals surface area contributed by atoms with Crippen molar-refractivity contribution in [3.05, 3.63) is 46.4 Å². The van der Waals surface area contributed by atoms with Crippen LogP contribution >= 0.6 is 11.3 Å². The summed E-state index contributed by atoms with van der Waals surface area (Å²) < 4.78 is 0. The van der Waals surface area contributed by atoms with Crippen LogP contribution in [0.5, 0.6) is 0 Å². The second kappa shape index (κ2) is 6.69. The molecule has 1 aromatic heterocycles. The lowest BCUT2D eigenvalue weighted by Crippen LogP contribution is -2.09. The molecule has 0 aliphatic rings. The molecule has 1 aromatic carbocycles. The van der Waals surface area contributed by atoms with E-state index >= 15 is 0 Å². The van der Waals surface area contributed by atoms with E-state index in [1.165, 1.54) is 17.5 Å². The molecule has 2 aromatic rings. The standard InChI is InChI=1S/C14H12N2O2S/c17-8-2-1-3-11-4-6-12(7-5-11)16-14(18)13-9-15-10-19-13/h4-7,9-10,17H,2,8H2,(H,16,18). The number of aliphatic hydroxyl groups excluding tert-OH is 1. The summed E-state index contributed by atoms with van der Waals surface area (Å²) in [6.07, 6.45) is 2.00. The highest BCUT2D eigenvalue weighted by Gasteiger charge is 2.06. The number of carbonyl (C=O) groups is 1. The number of hydrogen-bond acceptors (Lipinski definition) is 4. The average Bonchev–Trinajstić information content (AvgIpc) is 2.95. The van der Waals surface area contributed by atoms with E-state index < -0.39 is 0 Å². The summed E-state index contributed by atoms with van der Waals surface area (Å²) in [6, 6.07) is 7.24. The van der Waals surface area contributed by atoms with Crippen LogP contribution in [0.15, 0.2) is 36.0 Å². The zero-order chi connectivity index (χ0) is 13.5. The van der Waals surface area contributed by atoms with Gasteiger partial charge in [-0.05, 0) is 24.3 Å². The number of benzene rings is 1. The predicted octanol–water partition coefficient (Wildman–Crippen LogP) is 2.13. The Morgan fingerprint density at radius 1 is 1.37 bits per heavy atom. The number of nitrogens with one attached hydrogen (secondary N) is 1. The summed E-state index contributed by atoms with van der Waals surface area (Å²) in [5.41, 5.74) is 3.18. The summed E-state index contributed by atoms with van der Waals surface area (Å²) in [7, 11) is 0. The molecule has 0 saturated heterocycles. The fourth-order valence-electron chi connectivity index (χ4n) is 1.38. The van der Waals surface area contributed by atoms with Gasteiger partial charge in [-0.25, -0.2) is 0 Å². The van der Waals surface area contributed by atoms with Gasteiger partial charge in [-0.2, -0.15) is 0 Å². The van der Waals surface area contributed by atoms with Gasteiger partial charge in [-0.1, -0.05) is 11.8 Å². The Kier molecular flexibility index (Phi) is 4.67. The van der Waals surface area contributed by atoms with Crippen LogP contribution in [0, 0.1) is 11.8 Å². The SMILES string of the molecule is O=C(Nc1ccc(C#CCCO)cc1)c1cncs1. The van der Waals surface area contributed by atoms with Crippen molar-refractivity contribution in [3.63, 3.8) is 0 Å². The van der Waals surface area contributed by atoms with Gasteiger partial charge in [0, 0.05) is 17.7 Å². The molecule has 5 heteroatoms. The fraction of sp³-hybridized carbons (Fsp3) is 0.143. The first-order valence-corrected chi connectivity index (χ1v) is 6.57. The number of thiazole rings is 1. The summed E-state index contributed by atoms with van der Waals surface area (Å²) in [6.45, 7) is 0.0655. The summed E-state index contributed by atoms with van der Waals surface area (Å²) in [5.74, 6) is 5.60. The molecule has 2 rings (SSSR count). The van der Waals surface area contributed by atoms with Crippen molar-refractivity contribution in [2.75, 3.05) is 11.9 Å². The third-order valence-electron chi connectivity index (χ3n) is 2.27. The number of nitrogens with zero attached hydrogens (tertiary/aromatic N) is 1. The van der Waals surface area contributed by atoms with Crippen LogP contribution in [0.1, 0.15) is 21.7 Å². The molecule has 1 amide bonds. The molecule has 0 aliphatic carbocycles. The van der Waals surface area contributed by atoms with Crippen LogP contribution in [0.4, 0.5) is 5.69 Å². The molecule has 0 unspecified atom stereocenters. The molecular weight excluding hydrogens is 260 g/mol. The molecule has 2 N–H and O–H groups in total. The molecule has 19 heavy (non-hydrogen) atoms. The lowest BCUT2D eigenvalue weighted by molar-refractivity contribution is 0.103. The number of anilines is 1. The van der Waals surface area contributed by atoms with Crippen molar-refractivity contribution in [1.82, 2.24) is 4.98 Å². The van der Waals surface area contributed by atoms with Crippen LogP contribution < -0.4 is 5.32 Å². The van der Waals surface area contributed by atoms with Crippen molar-refractivity contribution < 1.29 is 9.90 Å².